The zero-order chi connectivity index (χ0) is 13.2. The van der Waals surface area contributed by atoms with Crippen molar-refractivity contribution in [2.75, 3.05) is 0 Å². The van der Waals surface area contributed by atoms with Crippen molar-refractivity contribution < 1.29 is 9.18 Å². The van der Waals surface area contributed by atoms with E-state index in [9.17, 15) is 9.18 Å². The molecular weight excluding hydrogens is 243 g/mol. The number of imidazole rings is 1. The number of pyridine rings is 1. The highest BCUT2D eigenvalue weighted by Crippen LogP contribution is 2.12. The molecule has 3 rings (SSSR count). The van der Waals surface area contributed by atoms with E-state index < -0.39 is 0 Å². The highest BCUT2D eigenvalue weighted by Gasteiger charge is 2.04. The van der Waals surface area contributed by atoms with Crippen LogP contribution in [0.2, 0.25) is 0 Å². The van der Waals surface area contributed by atoms with Crippen LogP contribution in [0, 0.1) is 5.82 Å². The third kappa shape index (κ3) is 2.38. The average Bonchev–Trinajstić information content (AvgIpc) is 2.82. The molecule has 0 aliphatic rings. The van der Waals surface area contributed by atoms with Gasteiger partial charge in [-0.05, 0) is 29.8 Å². The first kappa shape index (κ1) is 11.6. The monoisotopic (exact) mass is 254 g/mol. The van der Waals surface area contributed by atoms with Gasteiger partial charge in [-0.15, -0.1) is 0 Å². The fourth-order valence-electron chi connectivity index (χ4n) is 2.02. The Morgan fingerprint density at radius 1 is 1.21 bits per heavy atom. The predicted molar refractivity (Wildman–Crippen MR) is 69.8 cm³/mol. The Morgan fingerprint density at radius 2 is 2.00 bits per heavy atom. The maximum atomic E-state index is 12.8. The summed E-state index contributed by atoms with van der Waals surface area (Å²) in [6.07, 6.45) is 5.15. The van der Waals surface area contributed by atoms with E-state index in [4.69, 9.17) is 0 Å². The molecule has 0 aliphatic carbocycles. The van der Waals surface area contributed by atoms with Crippen LogP contribution in [-0.4, -0.2) is 15.7 Å². The lowest BCUT2D eigenvalue weighted by atomic mass is 10.1. The third-order valence-corrected chi connectivity index (χ3v) is 2.97. The van der Waals surface area contributed by atoms with Crippen LogP contribution in [0.3, 0.4) is 0 Å². The molecule has 0 amide bonds. The van der Waals surface area contributed by atoms with Gasteiger partial charge in [0.05, 0.1) is 5.69 Å². The Morgan fingerprint density at radius 3 is 2.74 bits per heavy atom. The Labute approximate surface area is 109 Å². The van der Waals surface area contributed by atoms with E-state index in [1.54, 1.807) is 30.5 Å². The van der Waals surface area contributed by atoms with E-state index in [2.05, 4.69) is 4.98 Å². The molecule has 4 heteroatoms. The first-order valence-electron chi connectivity index (χ1n) is 5.92. The Hall–Kier alpha value is -2.49. The van der Waals surface area contributed by atoms with Gasteiger partial charge in [0, 0.05) is 24.4 Å². The number of hydrogen-bond donors (Lipinski definition) is 0. The van der Waals surface area contributed by atoms with Gasteiger partial charge in [-0.25, -0.2) is 9.37 Å². The van der Waals surface area contributed by atoms with Crippen LogP contribution < -0.4 is 0 Å². The van der Waals surface area contributed by atoms with E-state index in [1.165, 1.54) is 12.1 Å². The van der Waals surface area contributed by atoms with Crippen molar-refractivity contribution in [3.8, 4) is 0 Å². The number of carbonyl (C=O) groups excluding carboxylic acids is 1. The summed E-state index contributed by atoms with van der Waals surface area (Å²) >= 11 is 0. The highest BCUT2D eigenvalue weighted by molar-refractivity contribution is 5.76. The van der Waals surface area contributed by atoms with Crippen molar-refractivity contribution in [2.24, 2.45) is 0 Å². The van der Waals surface area contributed by atoms with Crippen LogP contribution in [0.25, 0.3) is 5.65 Å². The lowest BCUT2D eigenvalue weighted by Gasteiger charge is -1.96. The summed E-state index contributed by atoms with van der Waals surface area (Å²) in [7, 11) is 0. The minimum Gasteiger partial charge on any atom is -0.307 e. The average molecular weight is 254 g/mol. The van der Waals surface area contributed by atoms with Gasteiger partial charge in [-0.3, -0.25) is 4.79 Å². The van der Waals surface area contributed by atoms with E-state index in [1.807, 2.05) is 10.6 Å². The fraction of sp³-hybridized carbons (Fsp3) is 0.0667. The van der Waals surface area contributed by atoms with Crippen molar-refractivity contribution in [3.05, 3.63) is 71.4 Å². The lowest BCUT2D eigenvalue weighted by molar-refractivity contribution is 0.112. The molecule has 3 nitrogen and oxygen atoms in total. The van der Waals surface area contributed by atoms with Gasteiger partial charge in [0.2, 0.25) is 0 Å². The number of hydrogen-bond acceptors (Lipinski definition) is 2. The van der Waals surface area contributed by atoms with E-state index in [0.717, 1.165) is 23.2 Å². The standard InChI is InChI=1S/C15H11FN2O/c16-13-3-1-11(2-4-13)7-14-9-18-6-5-12(10-19)8-15(18)17-14/h1-6,8-10H,7H2. The molecule has 0 atom stereocenters. The molecule has 2 heterocycles. The smallest absolute Gasteiger partial charge is 0.150 e. The largest absolute Gasteiger partial charge is 0.307 e. The second-order valence-electron chi connectivity index (χ2n) is 4.38. The van der Waals surface area contributed by atoms with Gasteiger partial charge in [0.15, 0.2) is 0 Å². The van der Waals surface area contributed by atoms with Crippen LogP contribution in [0.5, 0.6) is 0 Å². The SMILES string of the molecule is O=Cc1ccn2cc(Cc3ccc(F)cc3)nc2c1. The highest BCUT2D eigenvalue weighted by atomic mass is 19.1. The summed E-state index contributed by atoms with van der Waals surface area (Å²) in [6, 6.07) is 9.85. The first-order chi connectivity index (χ1) is 9.24. The zero-order valence-electron chi connectivity index (χ0n) is 10.1. The molecule has 0 unspecified atom stereocenters. The number of aldehydes is 1. The fourth-order valence-corrected chi connectivity index (χ4v) is 2.02. The number of carbonyl (C=O) groups is 1. The van der Waals surface area contributed by atoms with Gasteiger partial charge in [-0.1, -0.05) is 12.1 Å². The Balaban J connectivity index is 1.92. The Bertz CT molecular complexity index is 731. The van der Waals surface area contributed by atoms with E-state index in [0.29, 0.717) is 12.0 Å². The number of fused-ring (bicyclic) bond motifs is 1. The van der Waals surface area contributed by atoms with Gasteiger partial charge < -0.3 is 4.40 Å². The molecule has 94 valence electrons. The summed E-state index contributed by atoms with van der Waals surface area (Å²) in [5, 5.41) is 0. The molecule has 0 fully saturated rings. The van der Waals surface area contributed by atoms with Crippen LogP contribution in [0.15, 0.2) is 48.8 Å². The minimum atomic E-state index is -0.241. The number of benzene rings is 1. The van der Waals surface area contributed by atoms with E-state index >= 15 is 0 Å². The third-order valence-electron chi connectivity index (χ3n) is 2.97. The van der Waals surface area contributed by atoms with Crippen molar-refractivity contribution in [1.82, 2.24) is 9.38 Å². The van der Waals surface area contributed by atoms with Crippen LogP contribution in [0.1, 0.15) is 21.6 Å². The second kappa shape index (κ2) is 4.65. The quantitative estimate of drug-likeness (QED) is 0.673. The summed E-state index contributed by atoms with van der Waals surface area (Å²) < 4.78 is 14.7. The van der Waals surface area contributed by atoms with Crippen LogP contribution in [0.4, 0.5) is 4.39 Å². The van der Waals surface area contributed by atoms with Gasteiger partial charge in [-0.2, -0.15) is 0 Å². The number of aromatic nitrogens is 2. The molecule has 3 aromatic rings. The molecule has 0 N–H and O–H groups in total. The van der Waals surface area contributed by atoms with Crippen molar-refractivity contribution in [1.29, 1.82) is 0 Å². The molecule has 0 saturated heterocycles. The molecule has 0 saturated carbocycles. The van der Waals surface area contributed by atoms with Crippen molar-refractivity contribution >= 4 is 11.9 Å². The Kier molecular flexibility index (Phi) is 2.83. The molecule has 1 aromatic carbocycles. The molecule has 0 spiro atoms. The predicted octanol–water partition coefficient (Wildman–Crippen LogP) is 2.88. The first-order valence-corrected chi connectivity index (χ1v) is 5.92. The maximum Gasteiger partial charge on any atom is 0.150 e. The van der Waals surface area contributed by atoms with Crippen LogP contribution in [-0.2, 0) is 6.42 Å². The van der Waals surface area contributed by atoms with Gasteiger partial charge in [0.25, 0.3) is 0 Å². The topological polar surface area (TPSA) is 34.4 Å². The summed E-state index contributed by atoms with van der Waals surface area (Å²) in [6.45, 7) is 0. The molecule has 0 bridgehead atoms. The molecule has 2 aromatic heterocycles. The molecule has 0 radical (unpaired) electrons. The summed E-state index contributed by atoms with van der Waals surface area (Å²) in [4.78, 5) is 15.2. The molecule has 0 aliphatic heterocycles. The van der Waals surface area contributed by atoms with Crippen LogP contribution >= 0.6 is 0 Å². The number of halogens is 1. The number of rotatable bonds is 3. The normalized spacial score (nSPS) is 10.8. The van der Waals surface area contributed by atoms with E-state index in [-0.39, 0.29) is 5.82 Å². The van der Waals surface area contributed by atoms with Gasteiger partial charge in [0.1, 0.15) is 17.8 Å². The number of nitrogens with zero attached hydrogens (tertiary/aromatic N) is 2. The minimum absolute atomic E-state index is 0.241. The van der Waals surface area contributed by atoms with Crippen molar-refractivity contribution in [3.63, 3.8) is 0 Å². The second-order valence-corrected chi connectivity index (χ2v) is 4.38. The summed E-state index contributed by atoms with van der Waals surface area (Å²) in [5.41, 5.74) is 3.23. The van der Waals surface area contributed by atoms with Gasteiger partial charge >= 0.3 is 0 Å². The zero-order valence-corrected chi connectivity index (χ0v) is 10.1. The molecular formula is C15H11FN2O. The lowest BCUT2D eigenvalue weighted by Crippen LogP contribution is -1.88. The maximum absolute atomic E-state index is 12.8. The van der Waals surface area contributed by atoms with Crippen molar-refractivity contribution in [2.45, 2.75) is 6.42 Å². The summed E-state index contributed by atoms with van der Waals surface area (Å²) in [5.74, 6) is -0.241. The molecule has 19 heavy (non-hydrogen) atoms.